The van der Waals surface area contributed by atoms with Gasteiger partial charge in [-0.05, 0) is 38.0 Å². The second-order valence-corrected chi connectivity index (χ2v) is 4.38. The van der Waals surface area contributed by atoms with Crippen LogP contribution in [0.3, 0.4) is 0 Å². The Balaban J connectivity index is 2.56. The lowest BCUT2D eigenvalue weighted by molar-refractivity contribution is -0.126. The van der Waals surface area contributed by atoms with Crippen molar-refractivity contribution >= 4 is 17.3 Å². The Labute approximate surface area is 109 Å². The average molecular weight is 250 g/mol. The molecule has 1 amide bonds. The fourth-order valence-electron chi connectivity index (χ4n) is 1.50. The predicted molar refractivity (Wildman–Crippen MR) is 74.5 cm³/mol. The Hall–Kier alpha value is -1.55. The van der Waals surface area contributed by atoms with Gasteiger partial charge in [-0.1, -0.05) is 19.4 Å². The molecule has 1 atom stereocenters. The maximum Gasteiger partial charge on any atom is 0.253 e. The largest absolute Gasteiger partial charge is 0.398 e. The number of rotatable bonds is 6. The van der Waals surface area contributed by atoms with Crippen LogP contribution in [-0.2, 0) is 9.53 Å². The highest BCUT2D eigenvalue weighted by atomic mass is 16.5. The maximum atomic E-state index is 11.9. The van der Waals surface area contributed by atoms with E-state index in [0.29, 0.717) is 12.3 Å². The van der Waals surface area contributed by atoms with E-state index >= 15 is 0 Å². The number of carbonyl (C=O) groups is 1. The minimum atomic E-state index is -0.447. The van der Waals surface area contributed by atoms with Crippen LogP contribution in [0, 0.1) is 6.92 Å². The van der Waals surface area contributed by atoms with Crippen LogP contribution in [0.5, 0.6) is 0 Å². The van der Waals surface area contributed by atoms with Crippen molar-refractivity contribution in [1.29, 1.82) is 0 Å². The Morgan fingerprint density at radius 3 is 2.89 bits per heavy atom. The zero-order chi connectivity index (χ0) is 13.5. The quantitative estimate of drug-likeness (QED) is 0.602. The molecule has 0 radical (unpaired) electrons. The lowest BCUT2D eigenvalue weighted by atomic mass is 10.1. The topological polar surface area (TPSA) is 64.3 Å². The first-order chi connectivity index (χ1) is 8.56. The van der Waals surface area contributed by atoms with Crippen LogP contribution in [0.25, 0.3) is 0 Å². The van der Waals surface area contributed by atoms with Crippen LogP contribution in [0.15, 0.2) is 18.2 Å². The van der Waals surface area contributed by atoms with Crippen LogP contribution in [0.1, 0.15) is 32.3 Å². The van der Waals surface area contributed by atoms with Crippen molar-refractivity contribution in [3.8, 4) is 0 Å². The van der Waals surface area contributed by atoms with E-state index < -0.39 is 6.10 Å². The summed E-state index contributed by atoms with van der Waals surface area (Å²) in [5.41, 5.74) is 8.08. The highest BCUT2D eigenvalue weighted by Gasteiger charge is 2.14. The van der Waals surface area contributed by atoms with Gasteiger partial charge in [-0.2, -0.15) is 0 Å². The third kappa shape index (κ3) is 4.04. The number of anilines is 2. The summed E-state index contributed by atoms with van der Waals surface area (Å²) in [4.78, 5) is 11.9. The molecule has 18 heavy (non-hydrogen) atoms. The highest BCUT2D eigenvalue weighted by Crippen LogP contribution is 2.20. The van der Waals surface area contributed by atoms with Gasteiger partial charge in [-0.15, -0.1) is 0 Å². The molecular weight excluding hydrogens is 228 g/mol. The number of ether oxygens (including phenoxy) is 1. The molecule has 1 rings (SSSR count). The molecule has 0 aliphatic heterocycles. The van der Waals surface area contributed by atoms with E-state index in [0.717, 1.165) is 24.1 Å². The minimum Gasteiger partial charge on any atom is -0.398 e. The SMILES string of the molecule is CCCCOC(C)C(=O)Nc1cccc(N)c1C. The second kappa shape index (κ2) is 7.01. The number of amides is 1. The molecule has 0 saturated carbocycles. The molecule has 0 saturated heterocycles. The van der Waals surface area contributed by atoms with Crippen molar-refractivity contribution in [1.82, 2.24) is 0 Å². The zero-order valence-corrected chi connectivity index (χ0v) is 11.3. The Bertz CT molecular complexity index is 405. The molecule has 0 fully saturated rings. The lowest BCUT2D eigenvalue weighted by Gasteiger charge is -2.15. The summed E-state index contributed by atoms with van der Waals surface area (Å²) < 4.78 is 5.44. The van der Waals surface area contributed by atoms with Gasteiger partial charge in [0.2, 0.25) is 0 Å². The monoisotopic (exact) mass is 250 g/mol. The third-order valence-corrected chi connectivity index (χ3v) is 2.87. The molecule has 0 bridgehead atoms. The van der Waals surface area contributed by atoms with Gasteiger partial charge >= 0.3 is 0 Å². The Kier molecular flexibility index (Phi) is 5.65. The Morgan fingerprint density at radius 2 is 2.22 bits per heavy atom. The van der Waals surface area contributed by atoms with Crippen molar-refractivity contribution in [3.05, 3.63) is 23.8 Å². The molecule has 100 valence electrons. The number of nitrogen functional groups attached to an aromatic ring is 1. The number of benzene rings is 1. The van der Waals surface area contributed by atoms with E-state index in [1.807, 2.05) is 25.1 Å². The summed E-state index contributed by atoms with van der Waals surface area (Å²) in [6.45, 7) is 6.34. The van der Waals surface area contributed by atoms with E-state index in [2.05, 4.69) is 12.2 Å². The summed E-state index contributed by atoms with van der Waals surface area (Å²) in [5.74, 6) is -0.139. The molecule has 4 nitrogen and oxygen atoms in total. The molecular formula is C14H22N2O2. The summed E-state index contributed by atoms with van der Waals surface area (Å²) in [6, 6.07) is 5.47. The second-order valence-electron chi connectivity index (χ2n) is 4.38. The first kappa shape index (κ1) is 14.5. The third-order valence-electron chi connectivity index (χ3n) is 2.87. The van der Waals surface area contributed by atoms with Gasteiger partial charge < -0.3 is 15.8 Å². The number of carbonyl (C=O) groups excluding carboxylic acids is 1. The standard InChI is InChI=1S/C14H22N2O2/c1-4-5-9-18-11(3)14(17)16-13-8-6-7-12(15)10(13)2/h6-8,11H,4-5,9,15H2,1-3H3,(H,16,17). The first-order valence-electron chi connectivity index (χ1n) is 6.33. The molecule has 0 aliphatic rings. The number of hydrogen-bond acceptors (Lipinski definition) is 3. The Morgan fingerprint density at radius 1 is 1.50 bits per heavy atom. The number of nitrogens with two attached hydrogens (primary N) is 1. The van der Waals surface area contributed by atoms with Crippen LogP contribution < -0.4 is 11.1 Å². The van der Waals surface area contributed by atoms with Crippen molar-refractivity contribution in [2.45, 2.75) is 39.7 Å². The van der Waals surface area contributed by atoms with Gasteiger partial charge in [0, 0.05) is 18.0 Å². The van der Waals surface area contributed by atoms with Gasteiger partial charge in [0.15, 0.2) is 0 Å². The van der Waals surface area contributed by atoms with Gasteiger partial charge in [0.05, 0.1) is 0 Å². The van der Waals surface area contributed by atoms with E-state index in [1.54, 1.807) is 6.92 Å². The normalized spacial score (nSPS) is 12.2. The molecule has 1 aromatic carbocycles. The number of unbranched alkanes of at least 4 members (excludes halogenated alkanes) is 1. The van der Waals surface area contributed by atoms with Gasteiger partial charge in [-0.25, -0.2) is 0 Å². The van der Waals surface area contributed by atoms with Crippen LogP contribution in [-0.4, -0.2) is 18.6 Å². The summed E-state index contributed by atoms with van der Waals surface area (Å²) in [6.07, 6.45) is 1.58. The molecule has 1 aromatic rings. The van der Waals surface area contributed by atoms with E-state index in [1.165, 1.54) is 0 Å². The summed E-state index contributed by atoms with van der Waals surface area (Å²) >= 11 is 0. The van der Waals surface area contributed by atoms with Gasteiger partial charge in [0.25, 0.3) is 5.91 Å². The maximum absolute atomic E-state index is 11.9. The molecule has 0 aromatic heterocycles. The molecule has 0 spiro atoms. The smallest absolute Gasteiger partial charge is 0.253 e. The highest BCUT2D eigenvalue weighted by molar-refractivity contribution is 5.95. The molecule has 0 heterocycles. The number of nitrogens with one attached hydrogen (secondary N) is 1. The zero-order valence-electron chi connectivity index (χ0n) is 11.3. The average Bonchev–Trinajstić information content (AvgIpc) is 2.35. The van der Waals surface area contributed by atoms with Crippen molar-refractivity contribution in [2.24, 2.45) is 0 Å². The molecule has 4 heteroatoms. The summed E-state index contributed by atoms with van der Waals surface area (Å²) in [7, 11) is 0. The van der Waals surface area contributed by atoms with Crippen LogP contribution in [0.2, 0.25) is 0 Å². The van der Waals surface area contributed by atoms with Gasteiger partial charge in [-0.3, -0.25) is 4.79 Å². The molecule has 1 unspecified atom stereocenters. The fourth-order valence-corrected chi connectivity index (χ4v) is 1.50. The van der Waals surface area contributed by atoms with Crippen LogP contribution >= 0.6 is 0 Å². The van der Waals surface area contributed by atoms with Gasteiger partial charge in [0.1, 0.15) is 6.10 Å². The fraction of sp³-hybridized carbons (Fsp3) is 0.500. The van der Waals surface area contributed by atoms with E-state index in [-0.39, 0.29) is 5.91 Å². The van der Waals surface area contributed by atoms with E-state index in [4.69, 9.17) is 10.5 Å². The summed E-state index contributed by atoms with van der Waals surface area (Å²) in [5, 5.41) is 2.83. The first-order valence-corrected chi connectivity index (χ1v) is 6.33. The lowest BCUT2D eigenvalue weighted by Crippen LogP contribution is -2.28. The van der Waals surface area contributed by atoms with E-state index in [9.17, 15) is 4.79 Å². The van der Waals surface area contributed by atoms with Crippen LogP contribution in [0.4, 0.5) is 11.4 Å². The van der Waals surface area contributed by atoms with Crippen molar-refractivity contribution < 1.29 is 9.53 Å². The van der Waals surface area contributed by atoms with Crippen molar-refractivity contribution in [2.75, 3.05) is 17.7 Å². The predicted octanol–water partition coefficient (Wildman–Crippen LogP) is 2.72. The molecule has 3 N–H and O–H groups in total. The molecule has 0 aliphatic carbocycles. The minimum absolute atomic E-state index is 0.139. The number of hydrogen-bond donors (Lipinski definition) is 2. The van der Waals surface area contributed by atoms with Crippen molar-refractivity contribution in [3.63, 3.8) is 0 Å².